The Kier molecular flexibility index (Phi) is 4.56. The number of hydrogen-bond donors (Lipinski definition) is 0. The summed E-state index contributed by atoms with van der Waals surface area (Å²) in [5.41, 5.74) is 4.22. The molecule has 1 amide bonds. The van der Waals surface area contributed by atoms with E-state index < -0.39 is 0 Å². The predicted molar refractivity (Wildman–Crippen MR) is 118 cm³/mol. The van der Waals surface area contributed by atoms with E-state index in [1.807, 2.05) is 46.7 Å². The maximum Gasteiger partial charge on any atom is 0.265 e. The number of anilines is 1. The monoisotopic (exact) mass is 402 g/mol. The van der Waals surface area contributed by atoms with Gasteiger partial charge in [0.15, 0.2) is 4.96 Å². The average Bonchev–Trinajstić information content (AvgIpc) is 3.34. The Morgan fingerprint density at radius 2 is 1.59 bits per heavy atom. The number of carbonyl (C=O) groups is 1. The molecule has 0 radical (unpaired) electrons. The zero-order valence-corrected chi connectivity index (χ0v) is 17.1. The number of thiazole rings is 1. The Hall–Kier alpha value is -3.12. The van der Waals surface area contributed by atoms with Crippen LogP contribution in [0.5, 0.6) is 0 Å². The van der Waals surface area contributed by atoms with Gasteiger partial charge in [0.2, 0.25) is 0 Å². The summed E-state index contributed by atoms with van der Waals surface area (Å²) in [5, 5.41) is 0. The SMILES string of the molecule is Cc1c(C(=O)N2CCN(c3ccccc3)CC2)sc2nc(-c3ccccc3)cn12. The van der Waals surface area contributed by atoms with Crippen molar-refractivity contribution in [1.29, 1.82) is 0 Å². The summed E-state index contributed by atoms with van der Waals surface area (Å²) in [7, 11) is 0. The van der Waals surface area contributed by atoms with Crippen LogP contribution in [-0.4, -0.2) is 46.4 Å². The lowest BCUT2D eigenvalue weighted by Gasteiger charge is -2.36. The molecule has 2 aromatic carbocycles. The molecule has 1 saturated heterocycles. The van der Waals surface area contributed by atoms with Crippen molar-refractivity contribution in [2.75, 3.05) is 31.1 Å². The first-order valence-corrected chi connectivity index (χ1v) is 10.7. The molecule has 5 nitrogen and oxygen atoms in total. The fraction of sp³-hybridized carbons (Fsp3) is 0.217. The molecule has 0 N–H and O–H groups in total. The summed E-state index contributed by atoms with van der Waals surface area (Å²) in [5.74, 6) is 0.118. The van der Waals surface area contributed by atoms with Crippen LogP contribution in [0.1, 0.15) is 15.4 Å². The molecule has 0 atom stereocenters. The number of fused-ring (bicyclic) bond motifs is 1. The van der Waals surface area contributed by atoms with Gasteiger partial charge >= 0.3 is 0 Å². The van der Waals surface area contributed by atoms with Crippen LogP contribution in [-0.2, 0) is 0 Å². The number of nitrogens with zero attached hydrogens (tertiary/aromatic N) is 4. The van der Waals surface area contributed by atoms with Gasteiger partial charge in [-0.1, -0.05) is 59.9 Å². The van der Waals surface area contributed by atoms with Crippen LogP contribution in [0.3, 0.4) is 0 Å². The van der Waals surface area contributed by atoms with Crippen molar-refractivity contribution in [3.05, 3.63) is 77.4 Å². The minimum absolute atomic E-state index is 0.118. The van der Waals surface area contributed by atoms with Gasteiger partial charge in [0.1, 0.15) is 4.88 Å². The molecule has 0 unspecified atom stereocenters. The van der Waals surface area contributed by atoms with Crippen molar-refractivity contribution in [1.82, 2.24) is 14.3 Å². The van der Waals surface area contributed by atoms with Gasteiger partial charge in [-0.2, -0.15) is 0 Å². The third kappa shape index (κ3) is 3.29. The highest BCUT2D eigenvalue weighted by Crippen LogP contribution is 2.28. The molecule has 4 aromatic rings. The number of piperazine rings is 1. The second kappa shape index (κ2) is 7.37. The first kappa shape index (κ1) is 17.9. The normalized spacial score (nSPS) is 14.5. The smallest absolute Gasteiger partial charge is 0.265 e. The van der Waals surface area contributed by atoms with E-state index >= 15 is 0 Å². The number of aryl methyl sites for hydroxylation is 1. The Balaban J connectivity index is 1.34. The van der Waals surface area contributed by atoms with Crippen LogP contribution in [0, 0.1) is 6.92 Å². The van der Waals surface area contributed by atoms with E-state index in [0.29, 0.717) is 0 Å². The predicted octanol–water partition coefficient (Wildman–Crippen LogP) is 4.33. The van der Waals surface area contributed by atoms with E-state index in [4.69, 9.17) is 4.98 Å². The lowest BCUT2D eigenvalue weighted by Crippen LogP contribution is -2.48. The molecule has 0 bridgehead atoms. The Bertz CT molecular complexity index is 1140. The molecule has 0 saturated carbocycles. The molecular weight excluding hydrogens is 380 g/mol. The minimum Gasteiger partial charge on any atom is -0.368 e. The van der Waals surface area contributed by atoms with Gasteiger partial charge in [-0.3, -0.25) is 9.20 Å². The lowest BCUT2D eigenvalue weighted by atomic mass is 10.2. The van der Waals surface area contributed by atoms with Crippen molar-refractivity contribution in [2.45, 2.75) is 6.92 Å². The number of imidazole rings is 1. The minimum atomic E-state index is 0.118. The quantitative estimate of drug-likeness (QED) is 0.512. The summed E-state index contributed by atoms with van der Waals surface area (Å²) in [6.07, 6.45) is 2.03. The Labute approximate surface area is 173 Å². The summed E-state index contributed by atoms with van der Waals surface area (Å²) >= 11 is 1.49. The van der Waals surface area contributed by atoms with Crippen LogP contribution >= 0.6 is 11.3 Å². The number of carbonyl (C=O) groups excluding carboxylic acids is 1. The van der Waals surface area contributed by atoms with Gasteiger partial charge in [-0.25, -0.2) is 4.98 Å². The van der Waals surface area contributed by atoms with Crippen LogP contribution in [0.15, 0.2) is 66.9 Å². The summed E-state index contributed by atoms with van der Waals surface area (Å²) in [4.78, 5) is 23.9. The van der Waals surface area contributed by atoms with Crippen molar-refractivity contribution in [3.63, 3.8) is 0 Å². The Morgan fingerprint density at radius 1 is 0.931 bits per heavy atom. The second-order valence-corrected chi connectivity index (χ2v) is 8.25. The van der Waals surface area contributed by atoms with Gasteiger partial charge in [0, 0.05) is 49.3 Å². The van der Waals surface area contributed by atoms with Gasteiger partial charge in [-0.15, -0.1) is 0 Å². The first-order chi connectivity index (χ1) is 14.2. The topological polar surface area (TPSA) is 40.9 Å². The molecule has 0 aliphatic carbocycles. The van der Waals surface area contributed by atoms with E-state index in [1.165, 1.54) is 17.0 Å². The fourth-order valence-electron chi connectivity index (χ4n) is 3.85. The molecule has 1 aliphatic rings. The molecular formula is C23H22N4OS. The number of benzene rings is 2. The van der Waals surface area contributed by atoms with E-state index in [1.54, 1.807) is 0 Å². The van der Waals surface area contributed by atoms with Gasteiger partial charge in [0.05, 0.1) is 5.69 Å². The molecule has 6 heteroatoms. The zero-order chi connectivity index (χ0) is 19.8. The van der Waals surface area contributed by atoms with Gasteiger partial charge < -0.3 is 9.80 Å². The highest BCUT2D eigenvalue weighted by atomic mass is 32.1. The highest BCUT2D eigenvalue weighted by molar-refractivity contribution is 7.19. The summed E-state index contributed by atoms with van der Waals surface area (Å²) in [6.45, 7) is 5.20. The van der Waals surface area contributed by atoms with E-state index in [2.05, 4.69) is 41.3 Å². The lowest BCUT2D eigenvalue weighted by molar-refractivity contribution is 0.0750. The molecule has 146 valence electrons. The fourth-order valence-corrected chi connectivity index (χ4v) is 4.92. The van der Waals surface area contributed by atoms with E-state index in [-0.39, 0.29) is 5.91 Å². The summed E-state index contributed by atoms with van der Waals surface area (Å²) in [6, 6.07) is 20.5. The largest absolute Gasteiger partial charge is 0.368 e. The van der Waals surface area contributed by atoms with Crippen LogP contribution < -0.4 is 4.90 Å². The first-order valence-electron chi connectivity index (χ1n) is 9.84. The molecule has 5 rings (SSSR count). The number of para-hydroxylation sites is 1. The molecule has 0 spiro atoms. The number of hydrogen-bond acceptors (Lipinski definition) is 4. The van der Waals surface area contributed by atoms with E-state index in [0.717, 1.165) is 53.0 Å². The number of aromatic nitrogens is 2. The van der Waals surface area contributed by atoms with Crippen molar-refractivity contribution in [2.24, 2.45) is 0 Å². The zero-order valence-electron chi connectivity index (χ0n) is 16.3. The molecule has 1 aliphatic heterocycles. The van der Waals surface area contributed by atoms with Crippen LogP contribution in [0.2, 0.25) is 0 Å². The van der Waals surface area contributed by atoms with Crippen LogP contribution in [0.25, 0.3) is 16.2 Å². The van der Waals surface area contributed by atoms with Gasteiger partial charge in [0.25, 0.3) is 5.91 Å². The molecule has 1 fully saturated rings. The Morgan fingerprint density at radius 3 is 2.24 bits per heavy atom. The highest BCUT2D eigenvalue weighted by Gasteiger charge is 2.26. The summed E-state index contributed by atoms with van der Waals surface area (Å²) < 4.78 is 2.04. The average molecular weight is 403 g/mol. The van der Waals surface area contributed by atoms with Crippen molar-refractivity contribution >= 4 is 27.9 Å². The van der Waals surface area contributed by atoms with Crippen LogP contribution in [0.4, 0.5) is 5.69 Å². The van der Waals surface area contributed by atoms with Crippen molar-refractivity contribution in [3.8, 4) is 11.3 Å². The molecule has 2 aromatic heterocycles. The third-order valence-corrected chi connectivity index (χ3v) is 6.65. The molecule has 29 heavy (non-hydrogen) atoms. The maximum atomic E-state index is 13.2. The number of amides is 1. The molecule has 3 heterocycles. The van der Waals surface area contributed by atoms with E-state index in [9.17, 15) is 4.79 Å². The van der Waals surface area contributed by atoms with Gasteiger partial charge in [-0.05, 0) is 19.1 Å². The standard InChI is InChI=1S/C23H22N4OS/c1-17-21(29-23-24-20(16-27(17)23)18-8-4-2-5-9-18)22(28)26-14-12-25(13-15-26)19-10-6-3-7-11-19/h2-11,16H,12-15H2,1H3. The van der Waals surface area contributed by atoms with Crippen molar-refractivity contribution < 1.29 is 4.79 Å². The second-order valence-electron chi connectivity index (χ2n) is 7.28. The third-order valence-electron chi connectivity index (χ3n) is 5.51. The number of rotatable bonds is 3. The maximum absolute atomic E-state index is 13.2.